The molecule has 0 aliphatic rings. The molecule has 7 nitrogen and oxygen atoms in total. The number of hydrogen-bond acceptors (Lipinski definition) is 4. The number of amides is 2. The van der Waals surface area contributed by atoms with E-state index in [1.165, 1.54) is 89.9 Å². The summed E-state index contributed by atoms with van der Waals surface area (Å²) in [7, 11) is 0. The normalized spacial score (nSPS) is 12.4. The van der Waals surface area contributed by atoms with Crippen molar-refractivity contribution in [1.82, 2.24) is 10.6 Å². The van der Waals surface area contributed by atoms with Crippen LogP contribution in [0, 0.1) is 0 Å². The maximum Gasteiger partial charge on any atom is 0.328 e. The molecule has 0 aromatic carbocycles. The Morgan fingerprint density at radius 2 is 1.06 bits per heavy atom. The lowest BCUT2D eigenvalue weighted by Crippen LogP contribution is -2.42. The Morgan fingerprint density at radius 3 is 1.65 bits per heavy atom. The Balaban J connectivity index is 2.28. The van der Waals surface area contributed by atoms with Crippen LogP contribution in [0.5, 0.6) is 0 Å². The van der Waals surface area contributed by atoms with Crippen LogP contribution in [0.4, 0.5) is 0 Å². The van der Waals surface area contributed by atoms with Crippen molar-refractivity contribution >= 4 is 17.8 Å². The molecular weight excluding hydrogens is 610 g/mol. The van der Waals surface area contributed by atoms with E-state index in [1.807, 2.05) is 6.92 Å². The number of hydrogen-bond donors (Lipinski definition) is 2. The Kier molecular flexibility index (Phi) is 29.8. The molecule has 0 bridgehead atoms. The van der Waals surface area contributed by atoms with Crippen LogP contribution in [0.2, 0.25) is 0 Å². The highest BCUT2D eigenvalue weighted by molar-refractivity contribution is 5.84. The van der Waals surface area contributed by atoms with Crippen molar-refractivity contribution in [3.05, 3.63) is 30.6 Å². The number of esters is 1. The first-order valence-corrected chi connectivity index (χ1v) is 20.7. The highest BCUT2D eigenvalue weighted by Gasteiger charge is 2.23. The van der Waals surface area contributed by atoms with Gasteiger partial charge in [-0.3, -0.25) is 9.59 Å². The maximum atomic E-state index is 13.2. The molecule has 0 saturated heterocycles. The second-order valence-electron chi connectivity index (χ2n) is 14.3. The number of nitrogens with zero attached hydrogens (tertiary/aromatic N) is 1. The van der Waals surface area contributed by atoms with Crippen molar-refractivity contribution in [2.24, 2.45) is 0 Å². The zero-order valence-corrected chi connectivity index (χ0v) is 32.1. The summed E-state index contributed by atoms with van der Waals surface area (Å²) < 4.78 is 8.08. The fourth-order valence-corrected chi connectivity index (χ4v) is 6.32. The fourth-order valence-electron chi connectivity index (χ4n) is 6.32. The van der Waals surface area contributed by atoms with Crippen LogP contribution in [-0.2, 0) is 25.7 Å². The number of ether oxygens (including phenoxy) is 1. The predicted octanol–water partition coefficient (Wildman–Crippen LogP) is 10.1. The highest BCUT2D eigenvalue weighted by Crippen LogP contribution is 2.14. The SMILES string of the molecule is CCCCCCCCCCCC(=O)NCCCC[C@H](NC(=O)CCCCCCC)C(=O)OC(C)CCCCCCCCC[n+]1ccccc1. The van der Waals surface area contributed by atoms with Crippen molar-refractivity contribution in [1.29, 1.82) is 0 Å². The van der Waals surface area contributed by atoms with Gasteiger partial charge in [-0.25, -0.2) is 9.36 Å². The lowest BCUT2D eigenvalue weighted by molar-refractivity contribution is -0.697. The Labute approximate surface area is 301 Å². The van der Waals surface area contributed by atoms with Gasteiger partial charge in [0.2, 0.25) is 11.8 Å². The van der Waals surface area contributed by atoms with Gasteiger partial charge in [0.1, 0.15) is 12.6 Å². The lowest BCUT2D eigenvalue weighted by Gasteiger charge is -2.21. The average Bonchev–Trinajstić information content (AvgIpc) is 3.09. The van der Waals surface area contributed by atoms with Crippen molar-refractivity contribution in [3.63, 3.8) is 0 Å². The van der Waals surface area contributed by atoms with E-state index >= 15 is 0 Å². The summed E-state index contributed by atoms with van der Waals surface area (Å²) in [6, 6.07) is 5.58. The Morgan fingerprint density at radius 1 is 0.571 bits per heavy atom. The van der Waals surface area contributed by atoms with Crippen molar-refractivity contribution in [2.45, 2.75) is 213 Å². The summed E-state index contributed by atoms with van der Waals surface area (Å²) >= 11 is 0. The molecular formula is C42H76N3O4+. The number of pyridine rings is 1. The van der Waals surface area contributed by atoms with Gasteiger partial charge in [-0.2, -0.15) is 0 Å². The number of carbonyl (C=O) groups is 3. The molecule has 7 heteroatoms. The summed E-state index contributed by atoms with van der Waals surface area (Å²) in [6.07, 6.45) is 33.0. The minimum absolute atomic E-state index is 0.0669. The Bertz CT molecular complexity index is 926. The van der Waals surface area contributed by atoms with Gasteiger partial charge >= 0.3 is 5.97 Å². The topological polar surface area (TPSA) is 88.4 Å². The first kappa shape index (κ1) is 44.6. The van der Waals surface area contributed by atoms with Crippen molar-refractivity contribution < 1.29 is 23.7 Å². The van der Waals surface area contributed by atoms with Crippen LogP contribution in [0.25, 0.3) is 0 Å². The lowest BCUT2D eigenvalue weighted by atomic mass is 10.1. The van der Waals surface area contributed by atoms with E-state index < -0.39 is 6.04 Å². The minimum atomic E-state index is -0.627. The molecule has 282 valence electrons. The second-order valence-corrected chi connectivity index (χ2v) is 14.3. The number of rotatable bonds is 34. The molecule has 2 N–H and O–H groups in total. The molecule has 1 heterocycles. The summed E-state index contributed by atoms with van der Waals surface area (Å²) in [6.45, 7) is 8.08. The van der Waals surface area contributed by atoms with Gasteiger partial charge in [-0.15, -0.1) is 0 Å². The molecule has 0 aliphatic heterocycles. The van der Waals surface area contributed by atoms with E-state index in [9.17, 15) is 14.4 Å². The molecule has 0 radical (unpaired) electrons. The van der Waals surface area contributed by atoms with Gasteiger partial charge in [0.15, 0.2) is 12.4 Å². The van der Waals surface area contributed by atoms with Gasteiger partial charge in [0.05, 0.1) is 6.10 Å². The van der Waals surface area contributed by atoms with Crippen molar-refractivity contribution in [3.8, 4) is 0 Å². The third kappa shape index (κ3) is 28.0. The van der Waals surface area contributed by atoms with Gasteiger partial charge < -0.3 is 15.4 Å². The maximum absolute atomic E-state index is 13.2. The largest absolute Gasteiger partial charge is 0.461 e. The van der Waals surface area contributed by atoms with Gasteiger partial charge in [0.25, 0.3) is 0 Å². The highest BCUT2D eigenvalue weighted by atomic mass is 16.5. The van der Waals surface area contributed by atoms with Gasteiger partial charge in [-0.05, 0) is 58.3 Å². The second kappa shape index (κ2) is 32.7. The molecule has 2 amide bonds. The fraction of sp³-hybridized carbons (Fsp3) is 0.810. The number of unbranched alkanes of at least 4 members (excludes halogenated alkanes) is 19. The van der Waals surface area contributed by atoms with Crippen LogP contribution in [0.1, 0.15) is 194 Å². The molecule has 0 spiro atoms. The molecule has 1 rings (SSSR count). The van der Waals surface area contributed by atoms with Gasteiger partial charge in [-0.1, -0.05) is 123 Å². The molecule has 49 heavy (non-hydrogen) atoms. The number of nitrogens with one attached hydrogen (secondary N) is 2. The number of aryl methyl sites for hydroxylation is 1. The molecule has 1 aromatic rings. The van der Waals surface area contributed by atoms with Gasteiger partial charge in [0, 0.05) is 37.9 Å². The number of carbonyl (C=O) groups excluding carboxylic acids is 3. The summed E-state index contributed by atoms with van der Waals surface area (Å²) in [5, 5.41) is 6.02. The molecule has 2 atom stereocenters. The van der Waals surface area contributed by atoms with Crippen LogP contribution >= 0.6 is 0 Å². The van der Waals surface area contributed by atoms with E-state index in [4.69, 9.17) is 4.74 Å². The predicted molar refractivity (Wildman–Crippen MR) is 203 cm³/mol. The van der Waals surface area contributed by atoms with E-state index in [2.05, 4.69) is 59.6 Å². The summed E-state index contributed by atoms with van der Waals surface area (Å²) in [5.41, 5.74) is 0. The minimum Gasteiger partial charge on any atom is -0.461 e. The van der Waals surface area contributed by atoms with E-state index in [0.717, 1.165) is 70.8 Å². The van der Waals surface area contributed by atoms with E-state index in [-0.39, 0.29) is 23.9 Å². The molecule has 0 aliphatic carbocycles. The molecule has 1 unspecified atom stereocenters. The number of aromatic nitrogens is 1. The van der Waals surface area contributed by atoms with Crippen molar-refractivity contribution in [2.75, 3.05) is 6.54 Å². The third-order valence-corrected chi connectivity index (χ3v) is 9.50. The molecule has 1 aromatic heterocycles. The first-order valence-electron chi connectivity index (χ1n) is 20.7. The monoisotopic (exact) mass is 687 g/mol. The van der Waals surface area contributed by atoms with Crippen LogP contribution < -0.4 is 15.2 Å². The average molecular weight is 687 g/mol. The summed E-state index contributed by atoms with van der Waals surface area (Å²) in [4.78, 5) is 38.2. The third-order valence-electron chi connectivity index (χ3n) is 9.50. The van der Waals surface area contributed by atoms with E-state index in [1.54, 1.807) is 0 Å². The smallest absolute Gasteiger partial charge is 0.328 e. The molecule has 0 saturated carbocycles. The molecule has 0 fully saturated rings. The summed E-state index contributed by atoms with van der Waals surface area (Å²) in [5.74, 6) is -0.272. The van der Waals surface area contributed by atoms with E-state index in [0.29, 0.717) is 25.8 Å². The first-order chi connectivity index (χ1) is 24.0. The van der Waals surface area contributed by atoms with Crippen LogP contribution in [0.15, 0.2) is 30.6 Å². The quantitative estimate of drug-likeness (QED) is 0.0429. The zero-order valence-electron chi connectivity index (χ0n) is 32.1. The van der Waals surface area contributed by atoms with Crippen LogP contribution in [0.3, 0.4) is 0 Å². The Hall–Kier alpha value is -2.44. The zero-order chi connectivity index (χ0) is 35.6. The van der Waals surface area contributed by atoms with Crippen LogP contribution in [-0.4, -0.2) is 36.5 Å². The standard InChI is InChI=1S/C42H75N3O4/c1-4-6-8-10-11-12-15-19-23-32-40(46)43-34-26-25-31-39(44-41(47)33-24-17-9-7-5-2)42(48)49-38(3)30-22-18-14-13-16-20-27-35-45-36-28-21-29-37-45/h21,28-29,36-39H,4-20,22-27,30-35H2,1-3H3,(H-,43,44,46,47)/p+1/t38?,39-/m0/s1.